The number of aromatic nitrogens is 2. The molecular weight excluding hydrogens is 288 g/mol. The molecule has 0 radical (unpaired) electrons. The largest absolute Gasteiger partial charge is 0.399 e. The molecule has 6 nitrogen and oxygen atoms in total. The van der Waals surface area contributed by atoms with Gasteiger partial charge in [0.1, 0.15) is 11.3 Å². The van der Waals surface area contributed by atoms with Crippen LogP contribution < -0.4 is 11.1 Å². The number of aryl methyl sites for hydroxylation is 1. The van der Waals surface area contributed by atoms with Crippen molar-refractivity contribution in [1.29, 1.82) is 0 Å². The topological polar surface area (TPSA) is 94.0 Å². The highest BCUT2D eigenvalue weighted by Gasteiger charge is 2.14. The highest BCUT2D eigenvalue weighted by molar-refractivity contribution is 7.14. The number of hydrogen-bond donors (Lipinski definition) is 2. The first kappa shape index (κ1) is 13.3. The number of nitrogens with one attached hydrogen (secondary N) is 1. The van der Waals surface area contributed by atoms with Crippen molar-refractivity contribution < 1.29 is 9.32 Å². The van der Waals surface area contributed by atoms with E-state index in [-0.39, 0.29) is 5.91 Å². The Morgan fingerprint density at radius 2 is 2.29 bits per heavy atom. The zero-order chi connectivity index (χ0) is 14.8. The van der Waals surface area contributed by atoms with Crippen molar-refractivity contribution in [1.82, 2.24) is 10.1 Å². The summed E-state index contributed by atoms with van der Waals surface area (Å²) in [5.41, 5.74) is 8.50. The average molecular weight is 300 g/mol. The van der Waals surface area contributed by atoms with Gasteiger partial charge in [-0.1, -0.05) is 17.3 Å². The first-order valence-electron chi connectivity index (χ1n) is 6.17. The first-order valence-corrected chi connectivity index (χ1v) is 7.05. The van der Waals surface area contributed by atoms with Crippen LogP contribution in [-0.4, -0.2) is 16.0 Å². The minimum atomic E-state index is -0.290. The molecule has 0 aliphatic rings. The summed E-state index contributed by atoms with van der Waals surface area (Å²) >= 11 is 1.35. The normalized spacial score (nSPS) is 10.5. The number of carbonyl (C=O) groups excluding carboxylic acids is 1. The van der Waals surface area contributed by atoms with Crippen LogP contribution in [0.1, 0.15) is 16.1 Å². The highest BCUT2D eigenvalue weighted by atomic mass is 32.1. The molecule has 0 saturated heterocycles. The van der Waals surface area contributed by atoms with E-state index in [9.17, 15) is 4.79 Å². The van der Waals surface area contributed by atoms with Gasteiger partial charge in [-0.2, -0.15) is 0 Å². The third kappa shape index (κ3) is 2.77. The number of anilines is 2. The van der Waals surface area contributed by atoms with Crippen LogP contribution in [0.4, 0.5) is 10.8 Å². The van der Waals surface area contributed by atoms with Crippen LogP contribution in [0.2, 0.25) is 0 Å². The highest BCUT2D eigenvalue weighted by Crippen LogP contribution is 2.26. The summed E-state index contributed by atoms with van der Waals surface area (Å²) in [6.07, 6.45) is 1.39. The minimum absolute atomic E-state index is 0.290. The molecule has 3 rings (SSSR count). The van der Waals surface area contributed by atoms with Crippen molar-refractivity contribution in [2.45, 2.75) is 6.92 Å². The van der Waals surface area contributed by atoms with Crippen molar-refractivity contribution in [2.75, 3.05) is 11.1 Å². The van der Waals surface area contributed by atoms with E-state index in [1.807, 2.05) is 29.6 Å². The van der Waals surface area contributed by atoms with Crippen molar-refractivity contribution in [3.05, 3.63) is 47.2 Å². The Balaban J connectivity index is 1.80. The molecule has 2 heterocycles. The Bertz CT molecular complexity index is 794. The van der Waals surface area contributed by atoms with E-state index >= 15 is 0 Å². The number of rotatable bonds is 3. The second-order valence-electron chi connectivity index (χ2n) is 4.41. The molecule has 0 aliphatic carbocycles. The fourth-order valence-electron chi connectivity index (χ4n) is 1.84. The molecule has 0 atom stereocenters. The molecule has 1 aromatic carbocycles. The van der Waals surface area contributed by atoms with Gasteiger partial charge >= 0.3 is 0 Å². The predicted molar refractivity (Wildman–Crippen MR) is 81.2 cm³/mol. The molecular formula is C14H12N4O2S. The van der Waals surface area contributed by atoms with Crippen molar-refractivity contribution in [3.8, 4) is 11.3 Å². The molecule has 2 aromatic heterocycles. The average Bonchev–Trinajstić information content (AvgIpc) is 3.08. The van der Waals surface area contributed by atoms with Gasteiger partial charge < -0.3 is 10.3 Å². The fraction of sp³-hybridized carbons (Fsp3) is 0.0714. The summed E-state index contributed by atoms with van der Waals surface area (Å²) in [7, 11) is 0. The smallest absolute Gasteiger partial charge is 0.262 e. The van der Waals surface area contributed by atoms with Gasteiger partial charge in [-0.3, -0.25) is 10.1 Å². The van der Waals surface area contributed by atoms with Gasteiger partial charge in [-0.05, 0) is 19.1 Å². The SMILES string of the molecule is Cc1oncc1C(=O)Nc1nc(-c2cccc(N)c2)cs1. The van der Waals surface area contributed by atoms with Crippen LogP contribution in [0, 0.1) is 6.92 Å². The lowest BCUT2D eigenvalue weighted by atomic mass is 10.1. The maximum atomic E-state index is 12.0. The van der Waals surface area contributed by atoms with Crippen molar-refractivity contribution in [2.24, 2.45) is 0 Å². The van der Waals surface area contributed by atoms with Crippen LogP contribution in [0.25, 0.3) is 11.3 Å². The van der Waals surface area contributed by atoms with Crippen LogP contribution in [0.15, 0.2) is 40.4 Å². The number of hydrogen-bond acceptors (Lipinski definition) is 6. The van der Waals surface area contributed by atoms with E-state index in [1.165, 1.54) is 17.5 Å². The van der Waals surface area contributed by atoms with Crippen molar-refractivity contribution in [3.63, 3.8) is 0 Å². The number of nitrogen functional groups attached to an aromatic ring is 1. The molecule has 0 bridgehead atoms. The Morgan fingerprint density at radius 1 is 1.43 bits per heavy atom. The maximum absolute atomic E-state index is 12.0. The molecule has 106 valence electrons. The van der Waals surface area contributed by atoms with Gasteiger partial charge in [-0.25, -0.2) is 4.98 Å². The number of nitrogens with zero attached hydrogens (tertiary/aromatic N) is 2. The number of benzene rings is 1. The molecule has 21 heavy (non-hydrogen) atoms. The summed E-state index contributed by atoms with van der Waals surface area (Å²) in [6.45, 7) is 1.68. The quantitative estimate of drug-likeness (QED) is 0.725. The van der Waals surface area contributed by atoms with Crippen LogP contribution >= 0.6 is 11.3 Å². The fourth-order valence-corrected chi connectivity index (χ4v) is 2.56. The van der Waals surface area contributed by atoms with Gasteiger partial charge in [0.15, 0.2) is 5.13 Å². The van der Waals surface area contributed by atoms with Crippen molar-refractivity contribution >= 4 is 28.1 Å². The number of amides is 1. The van der Waals surface area contributed by atoms with E-state index in [4.69, 9.17) is 10.3 Å². The van der Waals surface area contributed by atoms with E-state index in [0.717, 1.165) is 11.3 Å². The molecule has 3 aromatic rings. The predicted octanol–water partition coefficient (Wildman–Crippen LogP) is 2.94. The number of carbonyl (C=O) groups is 1. The third-order valence-electron chi connectivity index (χ3n) is 2.90. The monoisotopic (exact) mass is 300 g/mol. The Morgan fingerprint density at radius 3 is 3.00 bits per heavy atom. The van der Waals surface area contributed by atoms with Gasteiger partial charge in [0.05, 0.1) is 11.9 Å². The number of nitrogens with two attached hydrogens (primary N) is 1. The molecule has 7 heteroatoms. The molecule has 0 spiro atoms. The summed E-state index contributed by atoms with van der Waals surface area (Å²) in [5.74, 6) is 0.183. The van der Waals surface area contributed by atoms with Gasteiger partial charge in [0.2, 0.25) is 0 Å². The minimum Gasteiger partial charge on any atom is -0.399 e. The Labute approximate surface area is 124 Å². The van der Waals surface area contributed by atoms with E-state index in [0.29, 0.717) is 22.1 Å². The number of thiazole rings is 1. The van der Waals surface area contributed by atoms with Gasteiger partial charge in [0.25, 0.3) is 5.91 Å². The standard InChI is InChI=1S/C14H12N4O2S/c1-8-11(6-16-20-8)13(19)18-14-17-12(7-21-14)9-3-2-4-10(15)5-9/h2-7H,15H2,1H3,(H,17,18,19). The summed E-state index contributed by atoms with van der Waals surface area (Å²) in [5, 5.41) is 8.69. The van der Waals surface area contributed by atoms with E-state index < -0.39 is 0 Å². The Kier molecular flexibility index (Phi) is 3.41. The van der Waals surface area contributed by atoms with Crippen LogP contribution in [0.3, 0.4) is 0 Å². The summed E-state index contributed by atoms with van der Waals surface area (Å²) < 4.78 is 4.87. The second-order valence-corrected chi connectivity index (χ2v) is 5.27. The van der Waals surface area contributed by atoms with Gasteiger partial charge in [0, 0.05) is 16.6 Å². The molecule has 0 aliphatic heterocycles. The second kappa shape index (κ2) is 5.37. The van der Waals surface area contributed by atoms with E-state index in [2.05, 4.69) is 15.5 Å². The van der Waals surface area contributed by atoms with Gasteiger partial charge in [-0.15, -0.1) is 11.3 Å². The van der Waals surface area contributed by atoms with Crippen LogP contribution in [0.5, 0.6) is 0 Å². The molecule has 0 saturated carbocycles. The zero-order valence-electron chi connectivity index (χ0n) is 11.2. The van der Waals surface area contributed by atoms with Crippen LogP contribution in [-0.2, 0) is 0 Å². The molecule has 0 unspecified atom stereocenters. The molecule has 0 fully saturated rings. The Hall–Kier alpha value is -2.67. The third-order valence-corrected chi connectivity index (χ3v) is 3.66. The molecule has 3 N–H and O–H groups in total. The summed E-state index contributed by atoms with van der Waals surface area (Å²) in [4.78, 5) is 16.4. The lowest BCUT2D eigenvalue weighted by Crippen LogP contribution is -2.11. The lowest BCUT2D eigenvalue weighted by molar-refractivity contribution is 0.102. The molecule has 1 amide bonds. The zero-order valence-corrected chi connectivity index (χ0v) is 12.0. The van der Waals surface area contributed by atoms with E-state index in [1.54, 1.807) is 6.92 Å². The lowest BCUT2D eigenvalue weighted by Gasteiger charge is -1.99. The maximum Gasteiger partial charge on any atom is 0.262 e. The summed E-state index contributed by atoms with van der Waals surface area (Å²) in [6, 6.07) is 7.43. The first-order chi connectivity index (χ1) is 10.1.